The van der Waals surface area contributed by atoms with Crippen molar-refractivity contribution >= 4 is 34.4 Å². The van der Waals surface area contributed by atoms with Crippen LogP contribution in [0.25, 0.3) is 0 Å². The summed E-state index contributed by atoms with van der Waals surface area (Å²) in [5.74, 6) is -0.134. The number of carbonyl (C=O) groups is 2. The van der Waals surface area contributed by atoms with Gasteiger partial charge in [-0.1, -0.05) is 11.8 Å². The van der Waals surface area contributed by atoms with Crippen molar-refractivity contribution < 1.29 is 9.59 Å². The second-order valence-electron chi connectivity index (χ2n) is 4.00. The molecule has 18 heavy (non-hydrogen) atoms. The summed E-state index contributed by atoms with van der Waals surface area (Å²) in [5.41, 5.74) is 1.53. The number of amidine groups is 1. The Kier molecular flexibility index (Phi) is 3.66. The highest BCUT2D eigenvalue weighted by molar-refractivity contribution is 8.15. The van der Waals surface area contributed by atoms with Crippen molar-refractivity contribution in [2.75, 3.05) is 24.7 Å². The number of amides is 2. The van der Waals surface area contributed by atoms with E-state index < -0.39 is 0 Å². The van der Waals surface area contributed by atoms with E-state index in [9.17, 15) is 9.59 Å². The van der Waals surface area contributed by atoms with Crippen LogP contribution in [0.15, 0.2) is 29.3 Å². The Balaban J connectivity index is 2.12. The molecular weight excluding hydrogens is 250 g/mol. The second-order valence-corrected chi connectivity index (χ2v) is 4.96. The molecule has 2 amide bonds. The molecule has 2 rings (SSSR count). The molecule has 1 fully saturated rings. The zero-order chi connectivity index (χ0) is 13.1. The lowest BCUT2D eigenvalue weighted by Gasteiger charge is -2.11. The van der Waals surface area contributed by atoms with Crippen LogP contribution in [0.1, 0.15) is 10.4 Å². The van der Waals surface area contributed by atoms with Gasteiger partial charge in [0, 0.05) is 25.3 Å². The number of thioether (sulfide) groups is 1. The van der Waals surface area contributed by atoms with Crippen LogP contribution in [0, 0.1) is 0 Å². The topological polar surface area (TPSA) is 61.8 Å². The van der Waals surface area contributed by atoms with Gasteiger partial charge in [-0.25, -0.2) is 0 Å². The number of rotatable bonds is 2. The summed E-state index contributed by atoms with van der Waals surface area (Å²) in [6.07, 6.45) is 0. The lowest BCUT2D eigenvalue weighted by Crippen LogP contribution is -2.21. The van der Waals surface area contributed by atoms with E-state index in [2.05, 4.69) is 10.3 Å². The SMILES string of the molecule is CN(C)c1ccc(C(=O)N=C2NC(=O)CS2)cc1. The Bertz CT molecular complexity index is 509. The van der Waals surface area contributed by atoms with Crippen LogP contribution < -0.4 is 10.2 Å². The molecule has 0 unspecified atom stereocenters. The van der Waals surface area contributed by atoms with Crippen LogP contribution in [0.5, 0.6) is 0 Å². The Morgan fingerprint density at radius 1 is 1.33 bits per heavy atom. The molecule has 1 heterocycles. The molecule has 0 aliphatic carbocycles. The van der Waals surface area contributed by atoms with E-state index >= 15 is 0 Å². The molecule has 1 aliphatic rings. The summed E-state index contributed by atoms with van der Waals surface area (Å²) in [6, 6.07) is 7.16. The van der Waals surface area contributed by atoms with Gasteiger partial charge in [-0.2, -0.15) is 4.99 Å². The third kappa shape index (κ3) is 2.89. The Morgan fingerprint density at radius 3 is 2.50 bits per heavy atom. The summed E-state index contributed by atoms with van der Waals surface area (Å²) in [5, 5.41) is 2.91. The minimum Gasteiger partial charge on any atom is -0.378 e. The first-order valence-electron chi connectivity index (χ1n) is 5.39. The largest absolute Gasteiger partial charge is 0.378 e. The maximum Gasteiger partial charge on any atom is 0.279 e. The number of benzene rings is 1. The van der Waals surface area contributed by atoms with Gasteiger partial charge in [-0.3, -0.25) is 9.59 Å². The van der Waals surface area contributed by atoms with Crippen LogP contribution in [0.3, 0.4) is 0 Å². The van der Waals surface area contributed by atoms with E-state index in [4.69, 9.17) is 0 Å². The standard InChI is InChI=1S/C12H13N3O2S/c1-15(2)9-5-3-8(4-6-9)11(17)14-12-13-10(16)7-18-12/h3-6H,7H2,1-2H3,(H,13,14,16,17). The summed E-state index contributed by atoms with van der Waals surface area (Å²) < 4.78 is 0. The van der Waals surface area contributed by atoms with Gasteiger partial charge in [0.25, 0.3) is 5.91 Å². The molecule has 1 aliphatic heterocycles. The second kappa shape index (κ2) is 5.22. The first-order chi connectivity index (χ1) is 8.56. The molecule has 94 valence electrons. The minimum atomic E-state index is -0.343. The smallest absolute Gasteiger partial charge is 0.279 e. The number of hydrogen-bond acceptors (Lipinski definition) is 4. The highest BCUT2D eigenvalue weighted by atomic mass is 32.2. The Morgan fingerprint density at radius 2 is 2.00 bits per heavy atom. The molecule has 0 spiro atoms. The van der Waals surface area contributed by atoms with Gasteiger partial charge < -0.3 is 10.2 Å². The van der Waals surface area contributed by atoms with E-state index in [0.717, 1.165) is 5.69 Å². The number of nitrogens with one attached hydrogen (secondary N) is 1. The van der Waals surface area contributed by atoms with Crippen molar-refractivity contribution in [1.82, 2.24) is 5.32 Å². The van der Waals surface area contributed by atoms with Crippen LogP contribution in [-0.4, -0.2) is 36.8 Å². The molecule has 0 radical (unpaired) electrons. The molecule has 5 nitrogen and oxygen atoms in total. The number of aliphatic imine (C=N–C) groups is 1. The van der Waals surface area contributed by atoms with Crippen molar-refractivity contribution in [3.05, 3.63) is 29.8 Å². The van der Waals surface area contributed by atoms with Gasteiger partial charge in [0.2, 0.25) is 5.91 Å². The fourth-order valence-electron chi connectivity index (χ4n) is 1.44. The molecule has 1 aromatic rings. The van der Waals surface area contributed by atoms with E-state index in [1.807, 2.05) is 31.1 Å². The molecule has 6 heteroatoms. The van der Waals surface area contributed by atoms with Crippen LogP contribution in [0.4, 0.5) is 5.69 Å². The molecule has 1 aromatic carbocycles. The third-order valence-electron chi connectivity index (χ3n) is 2.42. The van der Waals surface area contributed by atoms with Crippen LogP contribution in [0.2, 0.25) is 0 Å². The first-order valence-corrected chi connectivity index (χ1v) is 6.38. The van der Waals surface area contributed by atoms with E-state index in [0.29, 0.717) is 16.5 Å². The monoisotopic (exact) mass is 263 g/mol. The number of anilines is 1. The molecule has 1 N–H and O–H groups in total. The lowest BCUT2D eigenvalue weighted by molar-refractivity contribution is -0.116. The summed E-state index contributed by atoms with van der Waals surface area (Å²) in [4.78, 5) is 28.6. The van der Waals surface area contributed by atoms with Gasteiger partial charge >= 0.3 is 0 Å². The van der Waals surface area contributed by atoms with Gasteiger partial charge in [0.05, 0.1) is 5.75 Å². The first kappa shape index (κ1) is 12.6. The molecule has 0 saturated carbocycles. The van der Waals surface area contributed by atoms with Crippen molar-refractivity contribution in [2.45, 2.75) is 0 Å². The molecule has 1 saturated heterocycles. The summed E-state index contributed by atoms with van der Waals surface area (Å²) >= 11 is 1.24. The number of nitrogens with zero attached hydrogens (tertiary/aromatic N) is 2. The van der Waals surface area contributed by atoms with Crippen molar-refractivity contribution in [3.63, 3.8) is 0 Å². The fourth-order valence-corrected chi connectivity index (χ4v) is 2.12. The highest BCUT2D eigenvalue weighted by Gasteiger charge is 2.18. The maximum absolute atomic E-state index is 11.8. The van der Waals surface area contributed by atoms with Crippen molar-refractivity contribution in [2.24, 2.45) is 4.99 Å². The van der Waals surface area contributed by atoms with Crippen molar-refractivity contribution in [3.8, 4) is 0 Å². The molecule has 0 atom stereocenters. The zero-order valence-corrected chi connectivity index (χ0v) is 11.0. The van der Waals surface area contributed by atoms with Crippen LogP contribution >= 0.6 is 11.8 Å². The van der Waals surface area contributed by atoms with Crippen LogP contribution in [-0.2, 0) is 4.79 Å². The Labute approximate surface area is 109 Å². The van der Waals surface area contributed by atoms with Gasteiger partial charge in [-0.15, -0.1) is 0 Å². The zero-order valence-electron chi connectivity index (χ0n) is 10.1. The summed E-state index contributed by atoms with van der Waals surface area (Å²) in [6.45, 7) is 0. The minimum absolute atomic E-state index is 0.116. The van der Waals surface area contributed by atoms with E-state index in [1.54, 1.807) is 12.1 Å². The fraction of sp³-hybridized carbons (Fsp3) is 0.250. The van der Waals surface area contributed by atoms with Gasteiger partial charge in [-0.05, 0) is 24.3 Å². The normalized spacial score (nSPS) is 16.8. The average Bonchev–Trinajstić information content (AvgIpc) is 2.75. The molecule has 0 aromatic heterocycles. The molecular formula is C12H13N3O2S. The maximum atomic E-state index is 11.8. The van der Waals surface area contributed by atoms with Crippen molar-refractivity contribution in [1.29, 1.82) is 0 Å². The van der Waals surface area contributed by atoms with E-state index in [1.165, 1.54) is 11.8 Å². The molecule has 0 bridgehead atoms. The number of carbonyl (C=O) groups excluding carboxylic acids is 2. The quantitative estimate of drug-likeness (QED) is 0.868. The number of hydrogen-bond donors (Lipinski definition) is 1. The summed E-state index contributed by atoms with van der Waals surface area (Å²) in [7, 11) is 3.86. The van der Waals surface area contributed by atoms with Gasteiger partial charge in [0.15, 0.2) is 5.17 Å². The highest BCUT2D eigenvalue weighted by Crippen LogP contribution is 2.14. The predicted molar refractivity (Wildman–Crippen MR) is 73.1 cm³/mol. The lowest BCUT2D eigenvalue weighted by atomic mass is 10.2. The average molecular weight is 263 g/mol. The third-order valence-corrected chi connectivity index (χ3v) is 3.29. The van der Waals surface area contributed by atoms with Gasteiger partial charge in [0.1, 0.15) is 0 Å². The Hall–Kier alpha value is -1.82. The van der Waals surface area contributed by atoms with E-state index in [-0.39, 0.29) is 11.8 Å². The predicted octanol–water partition coefficient (Wildman–Crippen LogP) is 1.11.